The Morgan fingerprint density at radius 2 is 2.17 bits per heavy atom. The fourth-order valence-corrected chi connectivity index (χ4v) is 6.76. The quantitative estimate of drug-likeness (QED) is 0.134. The van der Waals surface area contributed by atoms with Gasteiger partial charge in [0, 0.05) is 0 Å². The molecule has 2 aromatic heterocycles. The van der Waals surface area contributed by atoms with E-state index in [1.165, 1.54) is 13.2 Å². The number of carbonyl (C=O) groups is 1. The number of nitrogens with one attached hydrogen (secondary N) is 4. The molecule has 0 spiro atoms. The van der Waals surface area contributed by atoms with Crippen LogP contribution in [0, 0.1) is 5.82 Å². The summed E-state index contributed by atoms with van der Waals surface area (Å²) in [6.07, 6.45) is 4.13. The predicted octanol–water partition coefficient (Wildman–Crippen LogP) is 1.78. The van der Waals surface area contributed by atoms with E-state index in [1.807, 2.05) is 28.9 Å². The number of methoxy groups -OCH3 is 1. The predicted molar refractivity (Wildman–Crippen MR) is 127 cm³/mol. The molecule has 0 fully saturated rings. The third-order valence-corrected chi connectivity index (χ3v) is 10.4. The van der Waals surface area contributed by atoms with Crippen molar-refractivity contribution in [3.8, 4) is 17.0 Å². The first-order valence-electron chi connectivity index (χ1n) is 8.78. The molecule has 0 saturated heterocycles. The number of H-pyrrole nitrogens is 1. The van der Waals surface area contributed by atoms with Crippen LogP contribution in [-0.2, 0) is 6.42 Å². The van der Waals surface area contributed by atoms with E-state index in [-0.39, 0.29) is 32.9 Å². The van der Waals surface area contributed by atoms with E-state index in [0.717, 1.165) is 29.1 Å². The Morgan fingerprint density at radius 3 is 2.90 bits per heavy atom. The summed E-state index contributed by atoms with van der Waals surface area (Å²) in [6.45, 7) is 0. The van der Waals surface area contributed by atoms with E-state index >= 15 is 0 Å². The summed E-state index contributed by atoms with van der Waals surface area (Å²) in [5.41, 5.74) is 4.80. The Bertz CT molecular complexity index is 1110. The molecule has 30 heavy (non-hydrogen) atoms. The van der Waals surface area contributed by atoms with Crippen molar-refractivity contribution in [1.82, 2.24) is 15.3 Å². The summed E-state index contributed by atoms with van der Waals surface area (Å²) >= 11 is 4.23. The number of para-hydroxylation sites is 1. The molecule has 158 valence electrons. The van der Waals surface area contributed by atoms with Crippen molar-refractivity contribution in [2.75, 3.05) is 16.0 Å². The summed E-state index contributed by atoms with van der Waals surface area (Å²) in [6, 6.07) is 6.52. The van der Waals surface area contributed by atoms with Crippen LogP contribution < -0.4 is 36.1 Å². The van der Waals surface area contributed by atoms with Crippen LogP contribution >= 0.6 is 41.5 Å². The van der Waals surface area contributed by atoms with Crippen molar-refractivity contribution < 1.29 is 31.2 Å². The molecule has 1 aromatic carbocycles. The van der Waals surface area contributed by atoms with Gasteiger partial charge >= 0.3 is 208 Å². The number of carbonyl (C=O) groups excluding carboxylic acids is 1. The summed E-state index contributed by atoms with van der Waals surface area (Å²) in [5, 5.41) is 6.34. The molecular weight excluding hydrogens is 730 g/mol. The van der Waals surface area contributed by atoms with Gasteiger partial charge in [0.25, 0.3) is 0 Å². The zero-order chi connectivity index (χ0) is 21.3. The molecule has 1 aliphatic rings. The van der Waals surface area contributed by atoms with Crippen LogP contribution in [0.15, 0.2) is 36.7 Å². The molecule has 11 heteroatoms. The number of anilines is 3. The molecule has 1 atom stereocenters. The fourth-order valence-electron chi connectivity index (χ4n) is 3.41. The molecule has 0 saturated carbocycles. The van der Waals surface area contributed by atoms with Gasteiger partial charge in [0.1, 0.15) is 0 Å². The van der Waals surface area contributed by atoms with Crippen molar-refractivity contribution in [2.24, 2.45) is 0 Å². The van der Waals surface area contributed by atoms with E-state index in [9.17, 15) is 9.18 Å². The standard InChI is InChI=1S/C19H16FI3N5O2/c1-30-18-10(20)3-2-4-11(18)25-17-15-12(7-14(23-21)27-19(15)29)26-16(17)9-5-6-24-8-13(9)28-22/h2-6,8,14,25-26,28H,7H2,1H3,(H,27,29)/q-1/t14-/m0/s1. The van der Waals surface area contributed by atoms with E-state index in [0.29, 0.717) is 16.9 Å². The summed E-state index contributed by atoms with van der Waals surface area (Å²) in [4.78, 5) is 20.6. The van der Waals surface area contributed by atoms with E-state index in [1.54, 1.807) is 24.5 Å². The number of amides is 1. The summed E-state index contributed by atoms with van der Waals surface area (Å²) in [5.74, 6) is -0.533. The van der Waals surface area contributed by atoms with Crippen LogP contribution in [0.2, 0.25) is 0 Å². The Balaban J connectivity index is 1.91. The molecule has 1 aliphatic heterocycles. The zero-order valence-corrected chi connectivity index (χ0v) is 22.0. The molecule has 4 N–H and O–H groups in total. The number of pyridine rings is 1. The van der Waals surface area contributed by atoms with Gasteiger partial charge in [0.05, 0.1) is 0 Å². The van der Waals surface area contributed by atoms with Gasteiger partial charge in [-0.3, -0.25) is 0 Å². The normalized spacial score (nSPS) is 15.5. The number of aromatic amines is 1. The van der Waals surface area contributed by atoms with Gasteiger partial charge in [-0.15, -0.1) is 0 Å². The van der Waals surface area contributed by atoms with Crippen LogP contribution in [0.4, 0.5) is 21.5 Å². The van der Waals surface area contributed by atoms with Crippen molar-refractivity contribution >= 4 is 64.4 Å². The molecule has 0 bridgehead atoms. The molecule has 0 unspecified atom stereocenters. The zero-order valence-electron chi connectivity index (χ0n) is 15.5. The van der Waals surface area contributed by atoms with Crippen molar-refractivity contribution in [1.29, 1.82) is 0 Å². The molecule has 0 radical (unpaired) electrons. The van der Waals surface area contributed by atoms with Gasteiger partial charge in [0.15, 0.2) is 0 Å². The maximum absolute atomic E-state index is 14.3. The van der Waals surface area contributed by atoms with Gasteiger partial charge in [-0.25, -0.2) is 0 Å². The van der Waals surface area contributed by atoms with Gasteiger partial charge in [0.2, 0.25) is 0 Å². The Hall–Kier alpha value is -1.36. The second-order valence-electron chi connectivity index (χ2n) is 6.42. The minimum absolute atomic E-state index is 0.0904. The number of aromatic nitrogens is 2. The van der Waals surface area contributed by atoms with Crippen molar-refractivity contribution in [3.63, 3.8) is 0 Å². The summed E-state index contributed by atoms with van der Waals surface area (Å²) < 4.78 is 22.8. The number of fused-ring (bicyclic) bond motifs is 1. The van der Waals surface area contributed by atoms with Gasteiger partial charge in [-0.05, 0) is 0 Å². The number of rotatable bonds is 6. The first-order valence-corrected chi connectivity index (χ1v) is 17.4. The summed E-state index contributed by atoms with van der Waals surface area (Å²) in [7, 11) is 1.42. The average molecular weight is 746 g/mol. The maximum atomic E-state index is 14.3. The molecule has 3 heterocycles. The van der Waals surface area contributed by atoms with E-state index < -0.39 is 5.82 Å². The molecular formula is C19H16FI3N5O2-. The SMILES string of the molecule is COc1c(F)cccc1Nc1c(-c2ccncc2NI)[nH]c2c1C(=O)N[C@H]([I-]I)C2. The van der Waals surface area contributed by atoms with E-state index in [2.05, 4.69) is 42.7 Å². The third-order valence-electron chi connectivity index (χ3n) is 4.70. The Morgan fingerprint density at radius 1 is 1.33 bits per heavy atom. The van der Waals surface area contributed by atoms with Crippen LogP contribution in [0.5, 0.6) is 5.75 Å². The number of ether oxygens (including phenoxy) is 1. The second kappa shape index (κ2) is 9.42. The number of nitrogens with zero attached hydrogens (tertiary/aromatic N) is 1. The topological polar surface area (TPSA) is 91.1 Å². The molecule has 7 nitrogen and oxygen atoms in total. The number of alkyl halides is 1. The monoisotopic (exact) mass is 746 g/mol. The first-order chi connectivity index (χ1) is 14.6. The van der Waals surface area contributed by atoms with Crippen LogP contribution in [-0.4, -0.2) is 27.0 Å². The molecule has 3 aromatic rings. The number of halogens is 4. The van der Waals surface area contributed by atoms with Crippen molar-refractivity contribution in [3.05, 3.63) is 53.7 Å². The number of hydrogen-bond acceptors (Lipinski definition) is 5. The first kappa shape index (κ1) is 21.9. The van der Waals surface area contributed by atoms with Crippen LogP contribution in [0.3, 0.4) is 0 Å². The number of benzene rings is 1. The van der Waals surface area contributed by atoms with Gasteiger partial charge < -0.3 is 0 Å². The Kier molecular flexibility index (Phi) is 6.86. The number of hydrogen-bond donors (Lipinski definition) is 4. The molecule has 1 amide bonds. The van der Waals surface area contributed by atoms with Crippen LogP contribution in [0.1, 0.15) is 16.1 Å². The third kappa shape index (κ3) is 4.06. The van der Waals surface area contributed by atoms with Gasteiger partial charge in [-0.1, -0.05) is 0 Å². The van der Waals surface area contributed by atoms with Crippen molar-refractivity contribution in [2.45, 2.75) is 10.5 Å². The Labute approximate surface area is 206 Å². The minimum atomic E-state index is -0.480. The average Bonchev–Trinajstić information content (AvgIpc) is 3.12. The molecule has 4 rings (SSSR count). The second-order valence-corrected chi connectivity index (χ2v) is 12.1. The molecule has 0 aliphatic carbocycles. The fraction of sp³-hybridized carbons (Fsp3) is 0.158. The van der Waals surface area contributed by atoms with E-state index in [4.69, 9.17) is 4.74 Å². The van der Waals surface area contributed by atoms with Gasteiger partial charge in [-0.2, -0.15) is 0 Å². The van der Waals surface area contributed by atoms with Crippen LogP contribution in [0.25, 0.3) is 11.3 Å².